The van der Waals surface area contributed by atoms with Gasteiger partial charge in [0.15, 0.2) is 0 Å². The summed E-state index contributed by atoms with van der Waals surface area (Å²) in [6.45, 7) is 1.95. The van der Waals surface area contributed by atoms with Crippen LogP contribution in [0.1, 0.15) is 5.56 Å². The van der Waals surface area contributed by atoms with E-state index in [1.807, 2.05) is 13.0 Å². The van der Waals surface area contributed by atoms with Crippen molar-refractivity contribution < 1.29 is 13.2 Å². The molecule has 3 aromatic rings. The zero-order valence-corrected chi connectivity index (χ0v) is 15.7. The Bertz CT molecular complexity index is 1080. The zero-order chi connectivity index (χ0) is 17.5. The highest BCUT2D eigenvalue weighted by atomic mass is 35.5. The third-order valence-electron chi connectivity index (χ3n) is 3.66. The third kappa shape index (κ3) is 2.94. The first-order chi connectivity index (χ1) is 11.3. The van der Waals surface area contributed by atoms with Gasteiger partial charge in [0, 0.05) is 7.05 Å². The Balaban J connectivity index is 2.20. The van der Waals surface area contributed by atoms with E-state index in [2.05, 4.69) is 4.40 Å². The molecular weight excluding hydrogens is 368 g/mol. The maximum Gasteiger partial charge on any atom is 0.285 e. The van der Waals surface area contributed by atoms with Gasteiger partial charge >= 0.3 is 0 Å². The molecule has 0 saturated heterocycles. The first-order valence-corrected chi connectivity index (χ1v) is 9.66. The van der Waals surface area contributed by atoms with Gasteiger partial charge in [0.1, 0.15) is 5.75 Å². The smallest absolute Gasteiger partial charge is 0.285 e. The zero-order valence-electron chi connectivity index (χ0n) is 13.3. The predicted molar refractivity (Wildman–Crippen MR) is 96.3 cm³/mol. The normalized spacial score (nSPS) is 12.8. The molecule has 0 aliphatic rings. The molecule has 0 atom stereocenters. The number of hydrogen-bond donors (Lipinski definition) is 0. The number of aromatic nitrogens is 1. The highest BCUT2D eigenvalue weighted by molar-refractivity contribution is 7.90. The lowest BCUT2D eigenvalue weighted by atomic mass is 10.2. The Kier molecular flexibility index (Phi) is 4.42. The number of hydrogen-bond acceptors (Lipinski definition) is 4. The van der Waals surface area contributed by atoms with Crippen molar-refractivity contribution in [3.05, 3.63) is 51.8 Å². The largest absolute Gasteiger partial charge is 0.497 e. The van der Waals surface area contributed by atoms with Crippen LogP contribution >= 0.6 is 22.9 Å². The van der Waals surface area contributed by atoms with Gasteiger partial charge < -0.3 is 9.30 Å². The van der Waals surface area contributed by atoms with Crippen molar-refractivity contribution in [2.24, 2.45) is 11.4 Å². The lowest BCUT2D eigenvalue weighted by molar-refractivity contribution is 0.414. The average molecular weight is 383 g/mol. The lowest BCUT2D eigenvalue weighted by Gasteiger charge is -2.02. The maximum atomic E-state index is 12.6. The van der Waals surface area contributed by atoms with Crippen molar-refractivity contribution in [1.29, 1.82) is 0 Å². The molecule has 0 N–H and O–H groups in total. The molecule has 24 heavy (non-hydrogen) atoms. The number of nitrogens with zero attached hydrogens (tertiary/aromatic N) is 2. The number of benzene rings is 2. The molecule has 0 radical (unpaired) electrons. The van der Waals surface area contributed by atoms with Crippen molar-refractivity contribution in [3.8, 4) is 5.75 Å². The lowest BCUT2D eigenvalue weighted by Crippen LogP contribution is -2.14. The van der Waals surface area contributed by atoms with Crippen LogP contribution in [-0.2, 0) is 17.1 Å². The topological polar surface area (TPSA) is 60.7 Å². The van der Waals surface area contributed by atoms with Crippen molar-refractivity contribution in [2.75, 3.05) is 7.11 Å². The highest BCUT2D eigenvalue weighted by Crippen LogP contribution is 2.28. The van der Waals surface area contributed by atoms with Crippen LogP contribution in [0.4, 0.5) is 0 Å². The van der Waals surface area contributed by atoms with Crippen molar-refractivity contribution in [2.45, 2.75) is 11.8 Å². The van der Waals surface area contributed by atoms with E-state index in [0.29, 0.717) is 15.6 Å². The van der Waals surface area contributed by atoms with Gasteiger partial charge in [-0.05, 0) is 42.8 Å². The molecule has 8 heteroatoms. The van der Waals surface area contributed by atoms with E-state index in [-0.39, 0.29) is 4.90 Å². The quantitative estimate of drug-likeness (QED) is 0.696. The van der Waals surface area contributed by atoms with E-state index >= 15 is 0 Å². The first kappa shape index (κ1) is 17.0. The summed E-state index contributed by atoms with van der Waals surface area (Å²) in [6, 6.07) is 9.84. The Morgan fingerprint density at radius 1 is 1.17 bits per heavy atom. The third-order valence-corrected chi connectivity index (χ3v) is 6.65. The molecule has 5 nitrogen and oxygen atoms in total. The van der Waals surface area contributed by atoms with Crippen LogP contribution < -0.4 is 9.54 Å². The van der Waals surface area contributed by atoms with Crippen LogP contribution in [0.3, 0.4) is 0 Å². The summed E-state index contributed by atoms with van der Waals surface area (Å²) in [5.41, 5.74) is 1.90. The highest BCUT2D eigenvalue weighted by Gasteiger charge is 2.15. The Morgan fingerprint density at radius 3 is 2.42 bits per heavy atom. The molecular formula is C16H15ClN2O3S2. The van der Waals surface area contributed by atoms with Gasteiger partial charge in [0.2, 0.25) is 4.80 Å². The molecule has 0 fully saturated rings. The van der Waals surface area contributed by atoms with Crippen molar-refractivity contribution >= 4 is 43.2 Å². The number of fused-ring (bicyclic) bond motifs is 1. The first-order valence-electron chi connectivity index (χ1n) is 7.03. The maximum absolute atomic E-state index is 12.6. The average Bonchev–Trinajstić information content (AvgIpc) is 2.88. The summed E-state index contributed by atoms with van der Waals surface area (Å²) >= 11 is 7.48. The minimum Gasteiger partial charge on any atom is -0.497 e. The number of methoxy groups -OCH3 is 1. The fraction of sp³-hybridized carbons (Fsp3) is 0.188. The Morgan fingerprint density at radius 2 is 1.83 bits per heavy atom. The summed E-state index contributed by atoms with van der Waals surface area (Å²) < 4.78 is 36.7. The predicted octanol–water partition coefficient (Wildman–Crippen LogP) is 3.50. The Hall–Kier alpha value is -1.83. The second-order valence-electron chi connectivity index (χ2n) is 5.23. The number of thiazole rings is 1. The van der Waals surface area contributed by atoms with E-state index in [4.69, 9.17) is 16.3 Å². The van der Waals surface area contributed by atoms with Crippen LogP contribution in [-0.4, -0.2) is 20.1 Å². The van der Waals surface area contributed by atoms with Crippen LogP contribution in [0.25, 0.3) is 10.2 Å². The van der Waals surface area contributed by atoms with E-state index in [9.17, 15) is 8.42 Å². The molecule has 3 rings (SSSR count). The second kappa shape index (κ2) is 6.23. The fourth-order valence-corrected chi connectivity index (χ4v) is 4.99. The van der Waals surface area contributed by atoms with Crippen LogP contribution in [0.5, 0.6) is 5.75 Å². The number of rotatable bonds is 3. The summed E-state index contributed by atoms with van der Waals surface area (Å²) in [5, 5.41) is 0.583. The molecule has 0 amide bonds. The molecule has 0 aliphatic carbocycles. The molecule has 1 aromatic heterocycles. The van der Waals surface area contributed by atoms with Gasteiger partial charge in [-0.2, -0.15) is 8.42 Å². The summed E-state index contributed by atoms with van der Waals surface area (Å²) in [6.07, 6.45) is 0. The molecule has 0 spiro atoms. The molecule has 1 heterocycles. The SMILES string of the molecule is COc1ccc(S(=O)(=O)N=c2sc3c(Cl)ccc(C)c3n2C)cc1. The number of sulfonamides is 1. The summed E-state index contributed by atoms with van der Waals surface area (Å²) in [7, 11) is -0.511. The van der Waals surface area contributed by atoms with Crippen LogP contribution in [0.15, 0.2) is 45.7 Å². The number of ether oxygens (including phenoxy) is 1. The minimum absolute atomic E-state index is 0.114. The van der Waals surface area contributed by atoms with E-state index in [0.717, 1.165) is 15.8 Å². The molecule has 0 unspecified atom stereocenters. The van der Waals surface area contributed by atoms with Crippen LogP contribution in [0, 0.1) is 6.92 Å². The van der Waals surface area contributed by atoms with Gasteiger partial charge in [0.25, 0.3) is 10.0 Å². The number of aryl methyl sites for hydroxylation is 2. The van der Waals surface area contributed by atoms with Gasteiger partial charge in [0.05, 0.1) is 27.2 Å². The van der Waals surface area contributed by atoms with E-state index < -0.39 is 10.0 Å². The van der Waals surface area contributed by atoms with Crippen molar-refractivity contribution in [3.63, 3.8) is 0 Å². The fourth-order valence-electron chi connectivity index (χ4n) is 2.40. The summed E-state index contributed by atoms with van der Waals surface area (Å²) in [4.78, 5) is 0.487. The monoisotopic (exact) mass is 382 g/mol. The van der Waals surface area contributed by atoms with Gasteiger partial charge in [-0.1, -0.05) is 29.0 Å². The van der Waals surface area contributed by atoms with Gasteiger partial charge in [-0.3, -0.25) is 0 Å². The molecule has 2 aromatic carbocycles. The van der Waals surface area contributed by atoms with E-state index in [1.165, 1.54) is 30.6 Å². The molecule has 0 bridgehead atoms. The molecule has 0 aliphatic heterocycles. The molecule has 126 valence electrons. The van der Waals surface area contributed by atoms with Gasteiger partial charge in [-0.25, -0.2) is 0 Å². The van der Waals surface area contributed by atoms with Crippen LogP contribution in [0.2, 0.25) is 5.02 Å². The molecule has 0 saturated carbocycles. The number of halogens is 1. The van der Waals surface area contributed by atoms with E-state index in [1.54, 1.807) is 29.8 Å². The Labute approximate surface area is 148 Å². The van der Waals surface area contributed by atoms with Crippen molar-refractivity contribution in [1.82, 2.24) is 4.57 Å². The standard InChI is InChI=1S/C16H15ClN2O3S2/c1-10-4-9-13(17)15-14(10)19(2)16(23-15)18-24(20,21)12-7-5-11(22-3)6-8-12/h4-9H,1-3H3. The van der Waals surface area contributed by atoms with Gasteiger partial charge in [-0.15, -0.1) is 4.40 Å². The minimum atomic E-state index is -3.82. The second-order valence-corrected chi connectivity index (χ2v) is 8.22. The summed E-state index contributed by atoms with van der Waals surface area (Å²) in [5.74, 6) is 0.587.